The minimum Gasteiger partial charge on any atom is -0.381 e. The summed E-state index contributed by atoms with van der Waals surface area (Å²) in [6.45, 7) is 3.51. The maximum atomic E-state index is 12.0. The Kier molecular flexibility index (Phi) is 4.02. The summed E-state index contributed by atoms with van der Waals surface area (Å²) >= 11 is 5.86. The summed E-state index contributed by atoms with van der Waals surface area (Å²) in [6, 6.07) is 7.18. The Morgan fingerprint density at radius 2 is 2.35 bits per heavy atom. The van der Waals surface area contributed by atoms with E-state index in [-0.39, 0.29) is 11.9 Å². The van der Waals surface area contributed by atoms with E-state index in [2.05, 4.69) is 12.2 Å². The molecule has 1 N–H and O–H groups in total. The van der Waals surface area contributed by atoms with Crippen LogP contribution in [0.2, 0.25) is 5.02 Å². The zero-order chi connectivity index (χ0) is 12.3. The minimum atomic E-state index is -0.0637. The van der Waals surface area contributed by atoms with Crippen molar-refractivity contribution in [2.45, 2.75) is 19.4 Å². The lowest BCUT2D eigenvalue weighted by molar-refractivity contribution is 0.0375. The number of benzene rings is 1. The number of rotatable bonds is 2. The molecular weight excluding hydrogens is 238 g/mol. The van der Waals surface area contributed by atoms with Gasteiger partial charge in [-0.15, -0.1) is 0 Å². The predicted octanol–water partition coefficient (Wildman–Crippen LogP) is 2.49. The second kappa shape index (κ2) is 5.52. The Morgan fingerprint density at radius 3 is 3.06 bits per heavy atom. The summed E-state index contributed by atoms with van der Waals surface area (Å²) < 4.78 is 5.35. The Bertz CT molecular complexity index is 408. The number of ether oxygens (including phenoxy) is 1. The molecule has 1 fully saturated rings. The number of hydrogen-bond donors (Lipinski definition) is 1. The highest BCUT2D eigenvalue weighted by atomic mass is 35.5. The highest BCUT2D eigenvalue weighted by Gasteiger charge is 2.23. The fraction of sp³-hybridized carbons (Fsp3) is 0.462. The lowest BCUT2D eigenvalue weighted by atomic mass is 9.97. The second-order valence-corrected chi connectivity index (χ2v) is 4.87. The first-order chi connectivity index (χ1) is 8.16. The van der Waals surface area contributed by atoms with Crippen LogP contribution in [0.1, 0.15) is 23.7 Å². The van der Waals surface area contributed by atoms with Gasteiger partial charge in [-0.2, -0.15) is 0 Å². The van der Waals surface area contributed by atoms with Gasteiger partial charge in [0.15, 0.2) is 0 Å². The minimum absolute atomic E-state index is 0.0637. The van der Waals surface area contributed by atoms with E-state index in [4.69, 9.17) is 16.3 Å². The third-order valence-electron chi connectivity index (χ3n) is 3.04. The van der Waals surface area contributed by atoms with Crippen LogP contribution in [0.5, 0.6) is 0 Å². The number of carbonyl (C=O) groups is 1. The summed E-state index contributed by atoms with van der Waals surface area (Å²) in [5, 5.41) is 3.62. The van der Waals surface area contributed by atoms with Crippen LogP contribution in [0.3, 0.4) is 0 Å². The smallest absolute Gasteiger partial charge is 0.251 e. The predicted molar refractivity (Wildman–Crippen MR) is 67.3 cm³/mol. The zero-order valence-electron chi connectivity index (χ0n) is 9.78. The second-order valence-electron chi connectivity index (χ2n) is 4.43. The van der Waals surface area contributed by atoms with Gasteiger partial charge in [-0.1, -0.05) is 24.6 Å². The first-order valence-corrected chi connectivity index (χ1v) is 6.19. The van der Waals surface area contributed by atoms with Crippen molar-refractivity contribution in [3.63, 3.8) is 0 Å². The molecule has 17 heavy (non-hydrogen) atoms. The fourth-order valence-electron chi connectivity index (χ4n) is 1.98. The molecular formula is C13H16ClNO2. The van der Waals surface area contributed by atoms with Crippen LogP contribution >= 0.6 is 11.6 Å². The molecule has 4 heteroatoms. The Balaban J connectivity index is 2.01. The van der Waals surface area contributed by atoms with Gasteiger partial charge in [-0.3, -0.25) is 4.79 Å². The van der Waals surface area contributed by atoms with E-state index >= 15 is 0 Å². The van der Waals surface area contributed by atoms with Gasteiger partial charge in [0.1, 0.15) is 0 Å². The highest BCUT2D eigenvalue weighted by molar-refractivity contribution is 6.30. The maximum absolute atomic E-state index is 12.0. The van der Waals surface area contributed by atoms with E-state index in [0.717, 1.165) is 6.42 Å². The Labute approximate surface area is 106 Å². The Morgan fingerprint density at radius 1 is 1.53 bits per heavy atom. The van der Waals surface area contributed by atoms with Crippen molar-refractivity contribution >= 4 is 17.5 Å². The molecule has 0 aliphatic carbocycles. The number of nitrogens with one attached hydrogen (secondary N) is 1. The topological polar surface area (TPSA) is 38.3 Å². The third-order valence-corrected chi connectivity index (χ3v) is 3.28. The molecule has 0 radical (unpaired) electrons. The van der Waals surface area contributed by atoms with Crippen LogP contribution in [0.4, 0.5) is 0 Å². The molecule has 3 nitrogen and oxygen atoms in total. The molecule has 1 aromatic carbocycles. The van der Waals surface area contributed by atoms with Gasteiger partial charge in [0.25, 0.3) is 5.91 Å². The van der Waals surface area contributed by atoms with E-state index in [9.17, 15) is 4.79 Å². The summed E-state index contributed by atoms with van der Waals surface area (Å²) in [5.74, 6) is 0.290. The summed E-state index contributed by atoms with van der Waals surface area (Å²) in [4.78, 5) is 12.0. The van der Waals surface area contributed by atoms with Gasteiger partial charge in [-0.25, -0.2) is 0 Å². The first-order valence-electron chi connectivity index (χ1n) is 5.81. The van der Waals surface area contributed by atoms with Crippen LogP contribution in [-0.2, 0) is 4.74 Å². The fourth-order valence-corrected chi connectivity index (χ4v) is 2.17. The standard InChI is InChI=1S/C13H16ClNO2/c1-9-8-17-6-5-12(9)15-13(16)10-3-2-4-11(14)7-10/h2-4,7,9,12H,5-6,8H2,1H3,(H,15,16). The largest absolute Gasteiger partial charge is 0.381 e. The first kappa shape index (κ1) is 12.4. The Hall–Kier alpha value is -1.06. The summed E-state index contributed by atoms with van der Waals surface area (Å²) in [5.41, 5.74) is 0.608. The number of amides is 1. The third kappa shape index (κ3) is 3.20. The van der Waals surface area contributed by atoms with Gasteiger partial charge in [0.2, 0.25) is 0 Å². The average molecular weight is 254 g/mol. The molecule has 1 aromatic rings. The summed E-state index contributed by atoms with van der Waals surface area (Å²) in [6.07, 6.45) is 0.869. The van der Waals surface area contributed by atoms with Gasteiger partial charge >= 0.3 is 0 Å². The van der Waals surface area contributed by atoms with Crippen LogP contribution in [0.25, 0.3) is 0 Å². The molecule has 1 saturated heterocycles. The molecule has 92 valence electrons. The normalized spacial score (nSPS) is 24.4. The molecule has 0 bridgehead atoms. The van der Waals surface area contributed by atoms with Crippen LogP contribution in [0, 0.1) is 5.92 Å². The van der Waals surface area contributed by atoms with Gasteiger partial charge in [0, 0.05) is 23.2 Å². The van der Waals surface area contributed by atoms with Crippen molar-refractivity contribution in [2.75, 3.05) is 13.2 Å². The zero-order valence-corrected chi connectivity index (χ0v) is 10.5. The average Bonchev–Trinajstić information content (AvgIpc) is 2.32. The van der Waals surface area contributed by atoms with Crippen LogP contribution in [-0.4, -0.2) is 25.2 Å². The lowest BCUT2D eigenvalue weighted by Crippen LogP contribution is -2.44. The lowest BCUT2D eigenvalue weighted by Gasteiger charge is -2.29. The molecule has 1 amide bonds. The molecule has 0 aromatic heterocycles. The molecule has 1 aliphatic heterocycles. The van der Waals surface area contributed by atoms with Gasteiger partial charge in [-0.05, 0) is 30.5 Å². The quantitative estimate of drug-likeness (QED) is 0.880. The molecule has 1 aliphatic rings. The highest BCUT2D eigenvalue weighted by Crippen LogP contribution is 2.15. The molecule has 1 heterocycles. The van der Waals surface area contributed by atoms with E-state index in [1.807, 2.05) is 0 Å². The number of halogens is 1. The van der Waals surface area contributed by atoms with Crippen LogP contribution in [0.15, 0.2) is 24.3 Å². The van der Waals surface area contributed by atoms with E-state index in [1.165, 1.54) is 0 Å². The molecule has 0 saturated carbocycles. The van der Waals surface area contributed by atoms with Gasteiger partial charge < -0.3 is 10.1 Å². The van der Waals surface area contributed by atoms with E-state index in [0.29, 0.717) is 29.7 Å². The molecule has 0 spiro atoms. The van der Waals surface area contributed by atoms with Crippen molar-refractivity contribution in [3.05, 3.63) is 34.9 Å². The molecule has 2 unspecified atom stereocenters. The van der Waals surface area contributed by atoms with Crippen molar-refractivity contribution in [1.29, 1.82) is 0 Å². The molecule has 2 atom stereocenters. The maximum Gasteiger partial charge on any atom is 0.251 e. The van der Waals surface area contributed by atoms with Crippen molar-refractivity contribution < 1.29 is 9.53 Å². The summed E-state index contributed by atoms with van der Waals surface area (Å²) in [7, 11) is 0. The monoisotopic (exact) mass is 253 g/mol. The molecule has 2 rings (SSSR count). The van der Waals surface area contributed by atoms with E-state index < -0.39 is 0 Å². The van der Waals surface area contributed by atoms with Crippen LogP contribution < -0.4 is 5.32 Å². The van der Waals surface area contributed by atoms with Gasteiger partial charge in [0.05, 0.1) is 6.61 Å². The number of carbonyl (C=O) groups excluding carboxylic acids is 1. The van der Waals surface area contributed by atoms with Crippen molar-refractivity contribution in [2.24, 2.45) is 5.92 Å². The van der Waals surface area contributed by atoms with Crippen molar-refractivity contribution in [3.8, 4) is 0 Å². The van der Waals surface area contributed by atoms with Crippen molar-refractivity contribution in [1.82, 2.24) is 5.32 Å². The number of hydrogen-bond acceptors (Lipinski definition) is 2. The van der Waals surface area contributed by atoms with E-state index in [1.54, 1.807) is 24.3 Å². The SMILES string of the molecule is CC1COCCC1NC(=O)c1cccc(Cl)c1.